The fraction of sp³-hybridized carbons (Fsp3) is 0.467. The molecule has 0 bridgehead atoms. The zero-order chi connectivity index (χ0) is 15.0. The zero-order valence-corrected chi connectivity index (χ0v) is 11.9. The number of rotatable bonds is 8. The highest BCUT2D eigenvalue weighted by Gasteiger charge is 2.08. The highest BCUT2D eigenvalue weighted by atomic mass is 16.5. The molecule has 0 heterocycles. The maximum atomic E-state index is 10.6. The number of anilines is 1. The molecule has 108 valence electrons. The van der Waals surface area contributed by atoms with Gasteiger partial charge in [-0.25, -0.2) is 0 Å². The van der Waals surface area contributed by atoms with Gasteiger partial charge >= 0.3 is 5.97 Å². The van der Waals surface area contributed by atoms with E-state index in [-0.39, 0.29) is 13.0 Å². The minimum absolute atomic E-state index is 0.00722. The number of carboxylic acids is 1. The van der Waals surface area contributed by atoms with E-state index in [4.69, 9.17) is 15.1 Å². The van der Waals surface area contributed by atoms with Gasteiger partial charge in [-0.2, -0.15) is 5.26 Å². The summed E-state index contributed by atoms with van der Waals surface area (Å²) in [5, 5.41) is 17.5. The van der Waals surface area contributed by atoms with Crippen LogP contribution in [0.1, 0.15) is 20.3 Å². The zero-order valence-electron chi connectivity index (χ0n) is 11.9. The van der Waals surface area contributed by atoms with E-state index in [1.807, 2.05) is 30.3 Å². The van der Waals surface area contributed by atoms with E-state index in [2.05, 4.69) is 13.8 Å². The number of ether oxygens (including phenoxy) is 1. The van der Waals surface area contributed by atoms with Crippen LogP contribution in [0, 0.1) is 17.2 Å². The van der Waals surface area contributed by atoms with Crippen LogP contribution < -0.4 is 9.64 Å². The lowest BCUT2D eigenvalue weighted by molar-refractivity contribution is -0.136. The van der Waals surface area contributed by atoms with Gasteiger partial charge in [0.25, 0.3) is 0 Å². The summed E-state index contributed by atoms with van der Waals surface area (Å²) >= 11 is 0. The van der Waals surface area contributed by atoms with Crippen molar-refractivity contribution in [1.82, 2.24) is 0 Å². The Morgan fingerprint density at radius 2 is 2.05 bits per heavy atom. The molecule has 0 saturated heterocycles. The largest absolute Gasteiger partial charge is 0.493 e. The first-order chi connectivity index (χ1) is 9.52. The third kappa shape index (κ3) is 5.61. The Kier molecular flexibility index (Phi) is 6.38. The van der Waals surface area contributed by atoms with E-state index in [1.54, 1.807) is 4.90 Å². The van der Waals surface area contributed by atoms with E-state index in [0.717, 1.165) is 11.4 Å². The Balaban J connectivity index is 2.67. The molecule has 20 heavy (non-hydrogen) atoms. The number of nitriles is 1. The number of aliphatic carboxylic acids is 1. The van der Waals surface area contributed by atoms with Crippen LogP contribution in [0.3, 0.4) is 0 Å². The fourth-order valence-electron chi connectivity index (χ4n) is 1.63. The molecular formula is C15H20N2O3. The Hall–Kier alpha value is -2.22. The maximum absolute atomic E-state index is 10.6. The highest BCUT2D eigenvalue weighted by molar-refractivity contribution is 5.67. The highest BCUT2D eigenvalue weighted by Crippen LogP contribution is 2.20. The minimum atomic E-state index is -0.871. The molecule has 0 spiro atoms. The molecule has 0 aliphatic carbocycles. The van der Waals surface area contributed by atoms with Gasteiger partial charge in [-0.15, -0.1) is 0 Å². The Bertz CT molecular complexity index is 463. The minimum Gasteiger partial charge on any atom is -0.493 e. The summed E-state index contributed by atoms with van der Waals surface area (Å²) in [6.07, 6.45) is 0.00722. The molecule has 0 unspecified atom stereocenters. The van der Waals surface area contributed by atoms with E-state index in [1.165, 1.54) is 0 Å². The van der Waals surface area contributed by atoms with Gasteiger partial charge in [-0.1, -0.05) is 13.8 Å². The molecule has 1 N–H and O–H groups in total. The van der Waals surface area contributed by atoms with Crippen molar-refractivity contribution in [3.63, 3.8) is 0 Å². The molecule has 0 saturated carbocycles. The third-order valence-corrected chi connectivity index (χ3v) is 2.64. The van der Waals surface area contributed by atoms with Crippen LogP contribution in [0.25, 0.3) is 0 Å². The summed E-state index contributed by atoms with van der Waals surface area (Å²) in [5.41, 5.74) is 0.824. The molecule has 0 amide bonds. The number of benzene rings is 1. The van der Waals surface area contributed by atoms with Crippen LogP contribution in [0.4, 0.5) is 5.69 Å². The third-order valence-electron chi connectivity index (χ3n) is 2.64. The van der Waals surface area contributed by atoms with Gasteiger partial charge in [0, 0.05) is 12.2 Å². The van der Waals surface area contributed by atoms with Crippen molar-refractivity contribution in [2.45, 2.75) is 20.3 Å². The molecule has 1 aromatic rings. The van der Waals surface area contributed by atoms with Crippen LogP contribution in [0.15, 0.2) is 24.3 Å². The van der Waals surface area contributed by atoms with Gasteiger partial charge in [-0.05, 0) is 30.2 Å². The fourth-order valence-corrected chi connectivity index (χ4v) is 1.63. The SMILES string of the molecule is CC(C)COc1ccc(N(CC#N)CCC(=O)O)cc1. The summed E-state index contributed by atoms with van der Waals surface area (Å²) < 4.78 is 5.58. The van der Waals surface area contributed by atoms with Crippen molar-refractivity contribution in [3.05, 3.63) is 24.3 Å². The average Bonchev–Trinajstić information content (AvgIpc) is 2.41. The standard InChI is InChI=1S/C15H20N2O3/c1-12(2)11-20-14-5-3-13(4-6-14)17(10-8-16)9-7-15(18)19/h3-6,12H,7,9-11H2,1-2H3,(H,18,19). The molecule has 0 fully saturated rings. The average molecular weight is 276 g/mol. The molecule has 1 rings (SSSR count). The van der Waals surface area contributed by atoms with Crippen LogP contribution >= 0.6 is 0 Å². The number of hydrogen-bond donors (Lipinski definition) is 1. The lowest BCUT2D eigenvalue weighted by Gasteiger charge is -2.21. The van der Waals surface area contributed by atoms with Gasteiger partial charge in [0.15, 0.2) is 0 Å². The summed E-state index contributed by atoms with van der Waals surface area (Å²) in [6, 6.07) is 9.40. The van der Waals surface area contributed by atoms with Crippen molar-refractivity contribution in [2.75, 3.05) is 24.6 Å². The van der Waals surface area contributed by atoms with Crippen molar-refractivity contribution >= 4 is 11.7 Å². The molecule has 0 radical (unpaired) electrons. The van der Waals surface area contributed by atoms with E-state index >= 15 is 0 Å². The van der Waals surface area contributed by atoms with E-state index in [0.29, 0.717) is 19.1 Å². The lowest BCUT2D eigenvalue weighted by atomic mass is 10.2. The quantitative estimate of drug-likeness (QED) is 0.738. The second kappa shape index (κ2) is 8.05. The topological polar surface area (TPSA) is 73.6 Å². The summed E-state index contributed by atoms with van der Waals surface area (Å²) in [5.74, 6) is 0.364. The van der Waals surface area contributed by atoms with Crippen molar-refractivity contribution < 1.29 is 14.6 Å². The summed E-state index contributed by atoms with van der Waals surface area (Å²) in [4.78, 5) is 12.3. The maximum Gasteiger partial charge on any atom is 0.305 e. The molecule has 0 aliphatic heterocycles. The first-order valence-electron chi connectivity index (χ1n) is 6.59. The van der Waals surface area contributed by atoms with Crippen molar-refractivity contribution in [3.8, 4) is 11.8 Å². The predicted octanol–water partition coefficient (Wildman–Crippen LogP) is 2.53. The normalized spacial score (nSPS) is 10.1. The first kappa shape index (κ1) is 15.8. The molecule has 0 aliphatic rings. The molecule has 0 aromatic heterocycles. The molecule has 1 aromatic carbocycles. The van der Waals surface area contributed by atoms with Crippen LogP contribution in [-0.2, 0) is 4.79 Å². The number of nitrogens with zero attached hydrogens (tertiary/aromatic N) is 2. The summed E-state index contributed by atoms with van der Waals surface area (Å²) in [6.45, 7) is 5.29. The monoisotopic (exact) mass is 276 g/mol. The number of carboxylic acid groups (broad SMARTS) is 1. The van der Waals surface area contributed by atoms with Gasteiger partial charge < -0.3 is 14.7 Å². The molecule has 0 atom stereocenters. The van der Waals surface area contributed by atoms with Crippen LogP contribution in [0.5, 0.6) is 5.75 Å². The Morgan fingerprint density at radius 1 is 1.40 bits per heavy atom. The van der Waals surface area contributed by atoms with Gasteiger partial charge in [0.05, 0.1) is 19.1 Å². The second-order valence-electron chi connectivity index (χ2n) is 4.92. The van der Waals surface area contributed by atoms with Crippen LogP contribution in [-0.4, -0.2) is 30.8 Å². The number of carbonyl (C=O) groups is 1. The smallest absolute Gasteiger partial charge is 0.305 e. The molecule has 5 nitrogen and oxygen atoms in total. The van der Waals surface area contributed by atoms with E-state index < -0.39 is 5.97 Å². The van der Waals surface area contributed by atoms with Crippen molar-refractivity contribution in [1.29, 1.82) is 5.26 Å². The van der Waals surface area contributed by atoms with E-state index in [9.17, 15) is 4.79 Å². The predicted molar refractivity (Wildman–Crippen MR) is 76.9 cm³/mol. The Labute approximate surface area is 119 Å². The molecular weight excluding hydrogens is 256 g/mol. The van der Waals surface area contributed by atoms with Gasteiger partial charge in [-0.3, -0.25) is 4.79 Å². The molecule has 5 heteroatoms. The van der Waals surface area contributed by atoms with Crippen molar-refractivity contribution in [2.24, 2.45) is 5.92 Å². The van der Waals surface area contributed by atoms with Gasteiger partial charge in [0.2, 0.25) is 0 Å². The number of hydrogen-bond acceptors (Lipinski definition) is 4. The second-order valence-corrected chi connectivity index (χ2v) is 4.92. The lowest BCUT2D eigenvalue weighted by Crippen LogP contribution is -2.26. The Morgan fingerprint density at radius 3 is 2.55 bits per heavy atom. The van der Waals surface area contributed by atoms with Crippen LogP contribution in [0.2, 0.25) is 0 Å². The summed E-state index contributed by atoms with van der Waals surface area (Å²) in [7, 11) is 0. The first-order valence-corrected chi connectivity index (χ1v) is 6.59. The van der Waals surface area contributed by atoms with Gasteiger partial charge in [0.1, 0.15) is 12.3 Å².